The molecule has 6 atom stereocenters. The molecule has 0 aliphatic heterocycles. The molecule has 4 aliphatic carbocycles. The van der Waals surface area contributed by atoms with Gasteiger partial charge >= 0.3 is 0 Å². The van der Waals surface area contributed by atoms with Crippen LogP contribution in [0.4, 0.5) is 0 Å². The Bertz CT molecular complexity index is 1290. The largest absolute Gasteiger partial charge is 0.385 e. The molecule has 0 radical (unpaired) electrons. The number of aromatic nitrogens is 1. The Labute approximate surface area is 232 Å². The second kappa shape index (κ2) is 10.3. The van der Waals surface area contributed by atoms with E-state index in [-0.39, 0.29) is 29.3 Å². The van der Waals surface area contributed by atoms with Crippen LogP contribution in [0.5, 0.6) is 0 Å². The first-order valence-electron chi connectivity index (χ1n) is 15.0. The number of amides is 1. The summed E-state index contributed by atoms with van der Waals surface area (Å²) in [6, 6.07) is 10.3. The molecule has 0 bridgehead atoms. The number of rotatable bonds is 7. The highest BCUT2D eigenvalue weighted by Crippen LogP contribution is 2.66. The molecule has 3 fully saturated rings. The summed E-state index contributed by atoms with van der Waals surface area (Å²) < 4.78 is 0. The van der Waals surface area contributed by atoms with Gasteiger partial charge in [0.25, 0.3) is 5.91 Å². The van der Waals surface area contributed by atoms with Crippen LogP contribution in [0, 0.1) is 34.5 Å². The molecule has 208 valence electrons. The summed E-state index contributed by atoms with van der Waals surface area (Å²) in [5.41, 5.74) is 5.13. The van der Waals surface area contributed by atoms with E-state index in [1.165, 1.54) is 36.6 Å². The van der Waals surface area contributed by atoms with Gasteiger partial charge in [-0.15, -0.1) is 0 Å². The molecule has 6 rings (SSSR count). The number of para-hydroxylation sites is 1. The van der Waals surface area contributed by atoms with Crippen molar-refractivity contribution in [3.63, 3.8) is 0 Å². The Morgan fingerprint density at radius 1 is 1.08 bits per heavy atom. The molecule has 1 aromatic carbocycles. The number of H-pyrrole nitrogens is 1. The molecule has 4 aliphatic rings. The van der Waals surface area contributed by atoms with Crippen LogP contribution in [0.3, 0.4) is 0 Å². The molecule has 2 N–H and O–H groups in total. The molecule has 6 nitrogen and oxygen atoms in total. The van der Waals surface area contributed by atoms with Crippen LogP contribution in [-0.4, -0.2) is 35.5 Å². The number of nitrogens with one attached hydrogen (secondary N) is 2. The molecule has 2 aromatic rings. The maximum atomic E-state index is 12.4. The van der Waals surface area contributed by atoms with Gasteiger partial charge in [-0.2, -0.15) is 0 Å². The number of oxime groups is 1. The van der Waals surface area contributed by atoms with E-state index in [1.807, 2.05) is 19.1 Å². The number of ketones is 1. The number of nitrogens with zero attached hydrogens (tertiary/aromatic N) is 1. The Kier molecular flexibility index (Phi) is 6.93. The summed E-state index contributed by atoms with van der Waals surface area (Å²) >= 11 is 0. The number of hydrogen-bond donors (Lipinski definition) is 2. The van der Waals surface area contributed by atoms with Gasteiger partial charge in [-0.05, 0) is 110 Å². The monoisotopic (exact) mass is 529 g/mol. The normalized spacial score (nSPS) is 34.6. The van der Waals surface area contributed by atoms with Crippen molar-refractivity contribution in [3.8, 4) is 0 Å². The van der Waals surface area contributed by atoms with E-state index in [2.05, 4.69) is 53.6 Å². The van der Waals surface area contributed by atoms with Gasteiger partial charge in [-0.25, -0.2) is 0 Å². The number of carbonyl (C=O) groups is 2. The molecule has 0 saturated heterocycles. The van der Waals surface area contributed by atoms with Crippen molar-refractivity contribution >= 4 is 28.3 Å². The van der Waals surface area contributed by atoms with Crippen LogP contribution in [0.2, 0.25) is 0 Å². The lowest BCUT2D eigenvalue weighted by Crippen LogP contribution is -2.51. The first kappa shape index (κ1) is 26.3. The van der Waals surface area contributed by atoms with Crippen LogP contribution >= 0.6 is 0 Å². The van der Waals surface area contributed by atoms with Gasteiger partial charge in [0, 0.05) is 30.1 Å². The zero-order valence-corrected chi connectivity index (χ0v) is 23.7. The van der Waals surface area contributed by atoms with Gasteiger partial charge in [0.2, 0.25) is 0 Å². The minimum absolute atomic E-state index is 0.0566. The first-order valence-corrected chi connectivity index (χ1v) is 15.0. The van der Waals surface area contributed by atoms with Gasteiger partial charge in [0.05, 0.1) is 5.71 Å². The Balaban J connectivity index is 1.02. The molecule has 6 heteroatoms. The molecule has 3 saturated carbocycles. The summed E-state index contributed by atoms with van der Waals surface area (Å²) in [4.78, 5) is 33.6. The zero-order valence-electron chi connectivity index (χ0n) is 23.7. The maximum absolute atomic E-state index is 12.4. The molecular weight excluding hydrogens is 486 g/mol. The number of fused-ring (bicyclic) bond motifs is 6. The highest BCUT2D eigenvalue weighted by Gasteiger charge is 2.59. The van der Waals surface area contributed by atoms with Gasteiger partial charge in [-0.1, -0.05) is 42.8 Å². The molecule has 39 heavy (non-hydrogen) atoms. The maximum Gasteiger partial charge on any atom is 0.260 e. The van der Waals surface area contributed by atoms with Crippen LogP contribution in [-0.2, 0) is 20.8 Å². The second-order valence-electron chi connectivity index (χ2n) is 13.1. The van der Waals surface area contributed by atoms with Crippen molar-refractivity contribution in [2.45, 2.75) is 78.6 Å². The molecular formula is C33H43N3O3. The molecule has 0 spiro atoms. The average molecular weight is 530 g/mol. The summed E-state index contributed by atoms with van der Waals surface area (Å²) in [6.07, 6.45) is 12.1. The van der Waals surface area contributed by atoms with E-state index >= 15 is 0 Å². The van der Waals surface area contributed by atoms with Crippen LogP contribution in [0.15, 0.2) is 47.1 Å². The smallest absolute Gasteiger partial charge is 0.260 e. The first-order chi connectivity index (χ1) is 18.8. The summed E-state index contributed by atoms with van der Waals surface area (Å²) in [5.74, 6) is 2.65. The number of aromatic amines is 1. The van der Waals surface area contributed by atoms with E-state index in [0.717, 1.165) is 54.9 Å². The van der Waals surface area contributed by atoms with Crippen LogP contribution in [0.25, 0.3) is 10.9 Å². The van der Waals surface area contributed by atoms with E-state index in [9.17, 15) is 9.59 Å². The van der Waals surface area contributed by atoms with Crippen molar-refractivity contribution in [1.82, 2.24) is 10.3 Å². The summed E-state index contributed by atoms with van der Waals surface area (Å²) in [6.45, 7) is 7.21. The molecule has 1 heterocycles. The number of hydrogen-bond acceptors (Lipinski definition) is 4. The Morgan fingerprint density at radius 3 is 2.74 bits per heavy atom. The predicted molar refractivity (Wildman–Crippen MR) is 154 cm³/mol. The minimum atomic E-state index is -0.144. The minimum Gasteiger partial charge on any atom is -0.385 e. The Morgan fingerprint density at radius 2 is 1.92 bits per heavy atom. The highest BCUT2D eigenvalue weighted by atomic mass is 16.6. The van der Waals surface area contributed by atoms with Crippen LogP contribution < -0.4 is 5.32 Å². The Hall–Kier alpha value is -2.89. The number of Topliss-reactive ketones (excluding diaryl/α,β-unsaturated/α-hetero) is 1. The topological polar surface area (TPSA) is 83.5 Å². The van der Waals surface area contributed by atoms with Gasteiger partial charge < -0.3 is 15.1 Å². The predicted octanol–water partition coefficient (Wildman–Crippen LogP) is 6.37. The highest BCUT2D eigenvalue weighted by molar-refractivity contribution is 5.96. The standard InChI is InChI=1S/C33H43N3O3/c1-21(37)27-10-11-28-26-9-8-23-19-25(12-15-32(23,2)29(26)13-16-33(27,28)3)36-39-20-31(38)34-17-14-24-18-22-6-4-5-7-30(22)35-24/h4-7,18-19,26-29,35H,8-17,20H2,1-3H3,(H,34,38)/b36-25-/t26-,27+,28-,29-,32-,33+/m0/s1. The number of benzene rings is 1. The second-order valence-corrected chi connectivity index (χ2v) is 13.1. The fourth-order valence-corrected chi connectivity index (χ4v) is 9.14. The number of allylic oxidation sites excluding steroid dienone is 2. The fraction of sp³-hybridized carbons (Fsp3) is 0.606. The van der Waals surface area contributed by atoms with Crippen molar-refractivity contribution in [2.75, 3.05) is 13.2 Å². The van der Waals surface area contributed by atoms with Crippen molar-refractivity contribution in [3.05, 3.63) is 47.7 Å². The molecule has 1 aromatic heterocycles. The quantitative estimate of drug-likeness (QED) is 0.409. The lowest BCUT2D eigenvalue weighted by atomic mass is 9.46. The van der Waals surface area contributed by atoms with E-state index in [1.54, 1.807) is 0 Å². The van der Waals surface area contributed by atoms with E-state index in [4.69, 9.17) is 4.84 Å². The average Bonchev–Trinajstić information content (AvgIpc) is 3.49. The van der Waals surface area contributed by atoms with E-state index in [0.29, 0.717) is 24.2 Å². The molecule has 1 amide bonds. The number of carbonyl (C=O) groups excluding carboxylic acids is 2. The SMILES string of the molecule is CC(=O)[C@H]1CC[C@H]2[C@@H]3CCC4=C/C(=N\OCC(=O)NCCc5cc6ccccc6[nH]5)CC[C@]4(C)[C@H]3CC[C@]12C. The van der Waals surface area contributed by atoms with Gasteiger partial charge in [0.1, 0.15) is 5.78 Å². The fourth-order valence-electron chi connectivity index (χ4n) is 9.14. The van der Waals surface area contributed by atoms with Crippen molar-refractivity contribution in [2.24, 2.45) is 39.7 Å². The van der Waals surface area contributed by atoms with E-state index < -0.39 is 0 Å². The lowest BCUT2D eigenvalue weighted by Gasteiger charge is -2.58. The van der Waals surface area contributed by atoms with Crippen molar-refractivity contribution in [1.29, 1.82) is 0 Å². The van der Waals surface area contributed by atoms with Crippen molar-refractivity contribution < 1.29 is 14.4 Å². The third kappa shape index (κ3) is 4.74. The van der Waals surface area contributed by atoms with Gasteiger partial charge in [-0.3, -0.25) is 9.59 Å². The third-order valence-electron chi connectivity index (χ3n) is 11.1. The summed E-state index contributed by atoms with van der Waals surface area (Å²) in [7, 11) is 0. The zero-order chi connectivity index (χ0) is 27.2. The lowest BCUT2D eigenvalue weighted by molar-refractivity contribution is -0.128. The third-order valence-corrected chi connectivity index (χ3v) is 11.1. The van der Waals surface area contributed by atoms with Gasteiger partial charge in [0.15, 0.2) is 6.61 Å². The summed E-state index contributed by atoms with van der Waals surface area (Å²) in [5, 5.41) is 8.50. The molecule has 0 unspecified atom stereocenters. The van der Waals surface area contributed by atoms with Crippen LogP contribution in [0.1, 0.15) is 77.8 Å².